The maximum Gasteiger partial charge on any atom is 0.127 e. The predicted molar refractivity (Wildman–Crippen MR) is 79.6 cm³/mol. The van der Waals surface area contributed by atoms with Gasteiger partial charge < -0.3 is 10.1 Å². The standard InChI is InChI=1S/C17H21NO/c1-3-14(2)18-13-15-8-7-11-17(12-15)19-16-9-5-4-6-10-16/h4-12,14,18H,3,13H2,1-2H3/t14-/m0/s1. The molecule has 2 aromatic carbocycles. The highest BCUT2D eigenvalue weighted by Crippen LogP contribution is 2.21. The molecule has 1 atom stereocenters. The van der Waals surface area contributed by atoms with Crippen LogP contribution >= 0.6 is 0 Å². The lowest BCUT2D eigenvalue weighted by molar-refractivity contribution is 0.480. The SMILES string of the molecule is CC[C@H](C)NCc1cccc(Oc2ccccc2)c1. The monoisotopic (exact) mass is 255 g/mol. The summed E-state index contributed by atoms with van der Waals surface area (Å²) in [5.41, 5.74) is 1.24. The highest BCUT2D eigenvalue weighted by atomic mass is 16.5. The molecule has 0 unspecified atom stereocenters. The van der Waals surface area contributed by atoms with Crippen LogP contribution in [-0.4, -0.2) is 6.04 Å². The first-order valence-electron chi connectivity index (χ1n) is 6.83. The van der Waals surface area contributed by atoms with E-state index in [4.69, 9.17) is 4.74 Å². The number of hydrogen-bond acceptors (Lipinski definition) is 2. The molecule has 2 aromatic rings. The number of ether oxygens (including phenoxy) is 1. The molecule has 0 heterocycles. The van der Waals surface area contributed by atoms with Gasteiger partial charge in [-0.15, -0.1) is 0 Å². The molecule has 2 heteroatoms. The van der Waals surface area contributed by atoms with Gasteiger partial charge in [-0.25, -0.2) is 0 Å². The molecule has 0 aromatic heterocycles. The van der Waals surface area contributed by atoms with Gasteiger partial charge in [-0.3, -0.25) is 0 Å². The zero-order valence-electron chi connectivity index (χ0n) is 11.6. The van der Waals surface area contributed by atoms with Gasteiger partial charge >= 0.3 is 0 Å². The average Bonchev–Trinajstić information content (AvgIpc) is 2.46. The summed E-state index contributed by atoms with van der Waals surface area (Å²) in [6.07, 6.45) is 1.14. The van der Waals surface area contributed by atoms with E-state index in [-0.39, 0.29) is 0 Å². The second-order valence-electron chi connectivity index (χ2n) is 4.75. The van der Waals surface area contributed by atoms with Gasteiger partial charge in [0.25, 0.3) is 0 Å². The van der Waals surface area contributed by atoms with Crippen molar-refractivity contribution in [2.24, 2.45) is 0 Å². The minimum Gasteiger partial charge on any atom is -0.457 e. The van der Waals surface area contributed by atoms with E-state index in [0.29, 0.717) is 6.04 Å². The Balaban J connectivity index is 1.99. The van der Waals surface area contributed by atoms with E-state index in [2.05, 4.69) is 31.3 Å². The van der Waals surface area contributed by atoms with E-state index >= 15 is 0 Å². The fourth-order valence-electron chi connectivity index (χ4n) is 1.78. The lowest BCUT2D eigenvalue weighted by Crippen LogP contribution is -2.24. The molecule has 0 spiro atoms. The van der Waals surface area contributed by atoms with Crippen LogP contribution in [0, 0.1) is 0 Å². The Bertz CT molecular complexity index is 496. The number of hydrogen-bond donors (Lipinski definition) is 1. The van der Waals surface area contributed by atoms with Gasteiger partial charge in [0.2, 0.25) is 0 Å². The Hall–Kier alpha value is -1.80. The molecule has 0 aliphatic carbocycles. The summed E-state index contributed by atoms with van der Waals surface area (Å²) in [5, 5.41) is 3.48. The van der Waals surface area contributed by atoms with Crippen LogP contribution in [0.15, 0.2) is 54.6 Å². The van der Waals surface area contributed by atoms with Crippen LogP contribution < -0.4 is 10.1 Å². The van der Waals surface area contributed by atoms with Crippen LogP contribution in [0.25, 0.3) is 0 Å². The largest absolute Gasteiger partial charge is 0.457 e. The number of para-hydroxylation sites is 1. The summed E-state index contributed by atoms with van der Waals surface area (Å²) in [4.78, 5) is 0. The van der Waals surface area contributed by atoms with Gasteiger partial charge in [-0.05, 0) is 43.2 Å². The van der Waals surface area contributed by atoms with Crippen molar-refractivity contribution in [1.82, 2.24) is 5.32 Å². The third-order valence-corrected chi connectivity index (χ3v) is 3.14. The van der Waals surface area contributed by atoms with Crippen molar-refractivity contribution in [3.8, 4) is 11.5 Å². The molecule has 2 rings (SSSR count). The summed E-state index contributed by atoms with van der Waals surface area (Å²) >= 11 is 0. The van der Waals surface area contributed by atoms with Gasteiger partial charge in [0.15, 0.2) is 0 Å². The Morgan fingerprint density at radius 2 is 1.74 bits per heavy atom. The third kappa shape index (κ3) is 4.42. The first-order chi connectivity index (χ1) is 9.28. The second kappa shape index (κ2) is 6.95. The van der Waals surface area contributed by atoms with Gasteiger partial charge in [-0.1, -0.05) is 37.3 Å². The molecule has 2 nitrogen and oxygen atoms in total. The van der Waals surface area contributed by atoms with Crippen LogP contribution in [0.4, 0.5) is 0 Å². The molecule has 0 aliphatic rings. The zero-order valence-corrected chi connectivity index (χ0v) is 11.6. The van der Waals surface area contributed by atoms with Crippen molar-refractivity contribution in [2.75, 3.05) is 0 Å². The molecular weight excluding hydrogens is 234 g/mol. The molecule has 19 heavy (non-hydrogen) atoms. The maximum atomic E-state index is 5.82. The Morgan fingerprint density at radius 3 is 2.47 bits per heavy atom. The topological polar surface area (TPSA) is 21.3 Å². The second-order valence-corrected chi connectivity index (χ2v) is 4.75. The molecule has 0 radical (unpaired) electrons. The average molecular weight is 255 g/mol. The van der Waals surface area contributed by atoms with Gasteiger partial charge in [0.1, 0.15) is 11.5 Å². The molecule has 0 amide bonds. The summed E-state index contributed by atoms with van der Waals surface area (Å²) in [6, 6.07) is 18.6. The summed E-state index contributed by atoms with van der Waals surface area (Å²) in [6.45, 7) is 5.26. The molecule has 0 aliphatic heterocycles. The van der Waals surface area contributed by atoms with Gasteiger partial charge in [0, 0.05) is 12.6 Å². The van der Waals surface area contributed by atoms with E-state index in [9.17, 15) is 0 Å². The van der Waals surface area contributed by atoms with Crippen LogP contribution in [0.3, 0.4) is 0 Å². The van der Waals surface area contributed by atoms with Crippen LogP contribution in [-0.2, 0) is 6.54 Å². The number of benzene rings is 2. The molecular formula is C17H21NO. The Morgan fingerprint density at radius 1 is 1.00 bits per heavy atom. The van der Waals surface area contributed by atoms with Crippen molar-refractivity contribution in [3.05, 3.63) is 60.2 Å². The normalized spacial score (nSPS) is 12.1. The predicted octanol–water partition coefficient (Wildman–Crippen LogP) is 4.37. The molecule has 100 valence electrons. The number of nitrogens with one attached hydrogen (secondary N) is 1. The molecule has 0 saturated carbocycles. The van der Waals surface area contributed by atoms with Gasteiger partial charge in [-0.2, -0.15) is 0 Å². The molecule has 0 bridgehead atoms. The summed E-state index contributed by atoms with van der Waals surface area (Å²) < 4.78 is 5.82. The number of rotatable bonds is 6. The first kappa shape index (κ1) is 13.6. The lowest BCUT2D eigenvalue weighted by atomic mass is 10.2. The van der Waals surface area contributed by atoms with E-state index in [1.165, 1.54) is 5.56 Å². The zero-order chi connectivity index (χ0) is 13.5. The fraction of sp³-hybridized carbons (Fsp3) is 0.294. The van der Waals surface area contributed by atoms with Crippen molar-refractivity contribution in [2.45, 2.75) is 32.9 Å². The third-order valence-electron chi connectivity index (χ3n) is 3.14. The molecule has 0 saturated heterocycles. The quantitative estimate of drug-likeness (QED) is 0.827. The van der Waals surface area contributed by atoms with Crippen LogP contribution in [0.5, 0.6) is 11.5 Å². The summed E-state index contributed by atoms with van der Waals surface area (Å²) in [5.74, 6) is 1.75. The van der Waals surface area contributed by atoms with Crippen molar-refractivity contribution < 1.29 is 4.74 Å². The lowest BCUT2D eigenvalue weighted by Gasteiger charge is -2.12. The van der Waals surface area contributed by atoms with E-state index in [1.807, 2.05) is 42.5 Å². The highest BCUT2D eigenvalue weighted by molar-refractivity contribution is 5.33. The van der Waals surface area contributed by atoms with E-state index in [1.54, 1.807) is 0 Å². The van der Waals surface area contributed by atoms with Crippen LogP contribution in [0.1, 0.15) is 25.8 Å². The van der Waals surface area contributed by atoms with Gasteiger partial charge in [0.05, 0.1) is 0 Å². The van der Waals surface area contributed by atoms with Crippen LogP contribution in [0.2, 0.25) is 0 Å². The fourth-order valence-corrected chi connectivity index (χ4v) is 1.78. The smallest absolute Gasteiger partial charge is 0.127 e. The maximum absolute atomic E-state index is 5.82. The van der Waals surface area contributed by atoms with Crippen molar-refractivity contribution in [1.29, 1.82) is 0 Å². The molecule has 1 N–H and O–H groups in total. The molecule has 0 fully saturated rings. The minimum atomic E-state index is 0.540. The Labute approximate surface area is 115 Å². The van der Waals surface area contributed by atoms with E-state index < -0.39 is 0 Å². The van der Waals surface area contributed by atoms with E-state index in [0.717, 1.165) is 24.5 Å². The highest BCUT2D eigenvalue weighted by Gasteiger charge is 2.01. The first-order valence-corrected chi connectivity index (χ1v) is 6.83. The Kier molecular flexibility index (Phi) is 4.99. The summed E-state index contributed by atoms with van der Waals surface area (Å²) in [7, 11) is 0. The van der Waals surface area contributed by atoms with Crippen molar-refractivity contribution in [3.63, 3.8) is 0 Å². The van der Waals surface area contributed by atoms with Crippen molar-refractivity contribution >= 4 is 0 Å². The minimum absolute atomic E-state index is 0.540.